The fraction of sp³-hybridized carbons (Fsp3) is 0.278. The third kappa shape index (κ3) is 4.07. The molecule has 0 heterocycles. The Morgan fingerprint density at radius 2 is 1.91 bits per heavy atom. The lowest BCUT2D eigenvalue weighted by molar-refractivity contribution is -0.144. The summed E-state index contributed by atoms with van der Waals surface area (Å²) in [6, 6.07) is 13.5. The van der Waals surface area contributed by atoms with E-state index in [1.165, 1.54) is 12.1 Å². The van der Waals surface area contributed by atoms with Gasteiger partial charge in [-0.1, -0.05) is 24.3 Å². The van der Waals surface area contributed by atoms with Gasteiger partial charge in [-0.2, -0.15) is 0 Å². The standard InChI is InChI=1S/C18H19FO3/c1-3-22-18(20)17(14-5-4-6-15(19)12-14)11-13-7-9-16(21-2)10-8-13/h4-10,12,17H,3,11H2,1-2H3. The van der Waals surface area contributed by atoms with Gasteiger partial charge in [-0.25, -0.2) is 4.39 Å². The van der Waals surface area contributed by atoms with Gasteiger partial charge in [-0.05, 0) is 48.7 Å². The number of benzene rings is 2. The van der Waals surface area contributed by atoms with Gasteiger partial charge in [0.1, 0.15) is 11.6 Å². The highest BCUT2D eigenvalue weighted by molar-refractivity contribution is 5.78. The minimum atomic E-state index is -0.524. The van der Waals surface area contributed by atoms with E-state index in [-0.39, 0.29) is 11.8 Å². The van der Waals surface area contributed by atoms with Crippen LogP contribution in [-0.4, -0.2) is 19.7 Å². The van der Waals surface area contributed by atoms with Crippen LogP contribution >= 0.6 is 0 Å². The molecule has 0 aliphatic carbocycles. The Balaban J connectivity index is 2.25. The van der Waals surface area contributed by atoms with Crippen molar-refractivity contribution in [2.75, 3.05) is 13.7 Å². The summed E-state index contributed by atoms with van der Waals surface area (Å²) in [6.45, 7) is 2.06. The second-order valence-electron chi connectivity index (χ2n) is 4.91. The lowest BCUT2D eigenvalue weighted by Gasteiger charge is -2.16. The van der Waals surface area contributed by atoms with Gasteiger partial charge < -0.3 is 9.47 Å². The molecule has 0 spiro atoms. The lowest BCUT2D eigenvalue weighted by Crippen LogP contribution is -2.18. The van der Waals surface area contributed by atoms with Gasteiger partial charge in [0, 0.05) is 0 Å². The van der Waals surface area contributed by atoms with Gasteiger partial charge in [0.2, 0.25) is 0 Å². The second-order valence-corrected chi connectivity index (χ2v) is 4.91. The maximum atomic E-state index is 13.4. The molecular weight excluding hydrogens is 283 g/mol. The molecule has 0 saturated carbocycles. The number of hydrogen-bond donors (Lipinski definition) is 0. The molecule has 3 nitrogen and oxygen atoms in total. The van der Waals surface area contributed by atoms with E-state index in [2.05, 4.69) is 0 Å². The smallest absolute Gasteiger partial charge is 0.313 e. The number of carbonyl (C=O) groups is 1. The fourth-order valence-corrected chi connectivity index (χ4v) is 2.30. The molecule has 2 aromatic carbocycles. The van der Waals surface area contributed by atoms with Crippen molar-refractivity contribution in [1.29, 1.82) is 0 Å². The van der Waals surface area contributed by atoms with Crippen molar-refractivity contribution in [3.05, 3.63) is 65.5 Å². The Kier molecular flexibility index (Phi) is 5.53. The lowest BCUT2D eigenvalue weighted by atomic mass is 9.92. The summed E-state index contributed by atoms with van der Waals surface area (Å²) in [5, 5.41) is 0. The molecule has 2 rings (SSSR count). The summed E-state index contributed by atoms with van der Waals surface area (Å²) in [5.41, 5.74) is 1.58. The Labute approximate surface area is 129 Å². The minimum Gasteiger partial charge on any atom is -0.497 e. The van der Waals surface area contributed by atoms with Crippen LogP contribution in [-0.2, 0) is 16.0 Å². The third-order valence-corrected chi connectivity index (χ3v) is 3.42. The van der Waals surface area contributed by atoms with Gasteiger partial charge in [-0.15, -0.1) is 0 Å². The molecular formula is C18H19FO3. The first-order valence-corrected chi connectivity index (χ1v) is 7.19. The average molecular weight is 302 g/mol. The van der Waals surface area contributed by atoms with Crippen LogP contribution in [0.4, 0.5) is 4.39 Å². The molecule has 1 atom stereocenters. The first kappa shape index (κ1) is 16.0. The molecule has 22 heavy (non-hydrogen) atoms. The molecule has 0 aliphatic rings. The maximum absolute atomic E-state index is 13.4. The highest BCUT2D eigenvalue weighted by Crippen LogP contribution is 2.24. The Hall–Kier alpha value is -2.36. The molecule has 0 bridgehead atoms. The van der Waals surface area contributed by atoms with E-state index in [9.17, 15) is 9.18 Å². The second kappa shape index (κ2) is 7.59. The van der Waals surface area contributed by atoms with Crippen molar-refractivity contribution in [2.24, 2.45) is 0 Å². The summed E-state index contributed by atoms with van der Waals surface area (Å²) in [5.74, 6) is -0.475. The molecule has 0 aromatic heterocycles. The molecule has 0 radical (unpaired) electrons. The van der Waals surface area contributed by atoms with Crippen molar-refractivity contribution < 1.29 is 18.7 Å². The Morgan fingerprint density at radius 3 is 2.50 bits per heavy atom. The van der Waals surface area contributed by atoms with E-state index in [1.807, 2.05) is 24.3 Å². The van der Waals surface area contributed by atoms with Crippen molar-refractivity contribution in [3.63, 3.8) is 0 Å². The van der Waals surface area contributed by atoms with Crippen LogP contribution < -0.4 is 4.74 Å². The molecule has 2 aromatic rings. The van der Waals surface area contributed by atoms with Gasteiger partial charge >= 0.3 is 5.97 Å². The molecule has 116 valence electrons. The summed E-state index contributed by atoms with van der Waals surface area (Å²) in [6.07, 6.45) is 0.451. The average Bonchev–Trinajstić information content (AvgIpc) is 2.53. The number of hydrogen-bond acceptors (Lipinski definition) is 3. The van der Waals surface area contributed by atoms with Crippen molar-refractivity contribution in [3.8, 4) is 5.75 Å². The number of rotatable bonds is 6. The molecule has 0 fully saturated rings. The maximum Gasteiger partial charge on any atom is 0.313 e. The highest BCUT2D eigenvalue weighted by Gasteiger charge is 2.23. The monoisotopic (exact) mass is 302 g/mol. The first-order chi connectivity index (χ1) is 10.6. The highest BCUT2D eigenvalue weighted by atomic mass is 19.1. The number of carbonyl (C=O) groups excluding carboxylic acids is 1. The van der Waals surface area contributed by atoms with E-state index in [4.69, 9.17) is 9.47 Å². The normalized spacial score (nSPS) is 11.8. The van der Waals surface area contributed by atoms with Crippen LogP contribution in [0.25, 0.3) is 0 Å². The zero-order chi connectivity index (χ0) is 15.9. The number of ether oxygens (including phenoxy) is 2. The largest absolute Gasteiger partial charge is 0.497 e. The molecule has 0 amide bonds. The quantitative estimate of drug-likeness (QED) is 0.763. The number of esters is 1. The van der Waals surface area contributed by atoms with Crippen LogP contribution in [0.15, 0.2) is 48.5 Å². The van der Waals surface area contributed by atoms with Crippen LogP contribution in [0, 0.1) is 5.82 Å². The van der Waals surface area contributed by atoms with Gasteiger partial charge in [0.05, 0.1) is 19.6 Å². The summed E-state index contributed by atoms with van der Waals surface area (Å²) in [7, 11) is 1.60. The van der Waals surface area contributed by atoms with E-state index >= 15 is 0 Å². The minimum absolute atomic E-state index is 0.299. The van der Waals surface area contributed by atoms with E-state index in [0.717, 1.165) is 11.3 Å². The predicted octanol–water partition coefficient (Wildman–Crippen LogP) is 3.72. The van der Waals surface area contributed by atoms with Crippen molar-refractivity contribution in [2.45, 2.75) is 19.3 Å². The number of methoxy groups -OCH3 is 1. The topological polar surface area (TPSA) is 35.5 Å². The fourth-order valence-electron chi connectivity index (χ4n) is 2.30. The predicted molar refractivity (Wildman–Crippen MR) is 82.5 cm³/mol. The molecule has 1 unspecified atom stereocenters. The van der Waals surface area contributed by atoms with Crippen LogP contribution in [0.3, 0.4) is 0 Å². The van der Waals surface area contributed by atoms with Gasteiger partial charge in [0.25, 0.3) is 0 Å². The zero-order valence-corrected chi connectivity index (χ0v) is 12.7. The summed E-state index contributed by atoms with van der Waals surface area (Å²) >= 11 is 0. The van der Waals surface area contributed by atoms with Crippen LogP contribution in [0.5, 0.6) is 5.75 Å². The molecule has 0 aliphatic heterocycles. The van der Waals surface area contributed by atoms with Crippen LogP contribution in [0.2, 0.25) is 0 Å². The Morgan fingerprint density at radius 1 is 1.18 bits per heavy atom. The SMILES string of the molecule is CCOC(=O)C(Cc1ccc(OC)cc1)c1cccc(F)c1. The Bertz CT molecular complexity index is 622. The number of halogens is 1. The van der Waals surface area contributed by atoms with Gasteiger partial charge in [-0.3, -0.25) is 4.79 Å². The first-order valence-electron chi connectivity index (χ1n) is 7.19. The van der Waals surface area contributed by atoms with Crippen molar-refractivity contribution >= 4 is 5.97 Å². The van der Waals surface area contributed by atoms with E-state index < -0.39 is 5.92 Å². The summed E-state index contributed by atoms with van der Waals surface area (Å²) < 4.78 is 23.7. The third-order valence-electron chi connectivity index (χ3n) is 3.42. The van der Waals surface area contributed by atoms with E-state index in [1.54, 1.807) is 26.2 Å². The van der Waals surface area contributed by atoms with Crippen LogP contribution in [0.1, 0.15) is 24.0 Å². The zero-order valence-electron chi connectivity index (χ0n) is 12.7. The summed E-state index contributed by atoms with van der Waals surface area (Å²) in [4.78, 5) is 12.2. The van der Waals surface area contributed by atoms with E-state index in [0.29, 0.717) is 18.6 Å². The van der Waals surface area contributed by atoms with Crippen molar-refractivity contribution in [1.82, 2.24) is 0 Å². The molecule has 0 N–H and O–H groups in total. The molecule has 4 heteroatoms. The molecule has 0 saturated heterocycles. The van der Waals surface area contributed by atoms with Gasteiger partial charge in [0.15, 0.2) is 0 Å².